The van der Waals surface area contributed by atoms with Gasteiger partial charge in [0.2, 0.25) is 0 Å². The number of hydrogen-bond donors (Lipinski definition) is 1. The van der Waals surface area contributed by atoms with E-state index in [-0.39, 0.29) is 6.04 Å². The molecule has 0 aliphatic heterocycles. The molecule has 21 heavy (non-hydrogen) atoms. The zero-order chi connectivity index (χ0) is 15.4. The Morgan fingerprint density at radius 2 is 1.71 bits per heavy atom. The van der Waals surface area contributed by atoms with Crippen molar-refractivity contribution in [1.29, 1.82) is 0 Å². The summed E-state index contributed by atoms with van der Waals surface area (Å²) in [6, 6.07) is 10.2. The predicted molar refractivity (Wildman–Crippen MR) is 85.3 cm³/mol. The number of hydrogen-bond acceptors (Lipinski definition) is 4. The Hall–Kier alpha value is -2.23. The van der Waals surface area contributed by atoms with Crippen molar-refractivity contribution in [3.05, 3.63) is 47.3 Å². The van der Waals surface area contributed by atoms with Crippen molar-refractivity contribution in [2.45, 2.75) is 26.8 Å². The molecule has 1 atom stereocenters. The lowest BCUT2D eigenvalue weighted by molar-refractivity contribution is 0.354. The molecule has 2 aromatic rings. The topological polar surface area (TPSA) is 43.4 Å². The number of aryl methyl sites for hydroxylation is 2. The van der Waals surface area contributed by atoms with E-state index in [4.69, 9.17) is 9.47 Å². The zero-order valence-electron chi connectivity index (χ0n) is 13.2. The van der Waals surface area contributed by atoms with Gasteiger partial charge in [0.25, 0.3) is 0 Å². The van der Waals surface area contributed by atoms with Gasteiger partial charge in [0.15, 0.2) is 11.5 Å². The molecule has 2 rings (SSSR count). The average Bonchev–Trinajstić information content (AvgIpc) is 2.49. The second kappa shape index (κ2) is 6.48. The lowest BCUT2D eigenvalue weighted by Gasteiger charge is -2.18. The summed E-state index contributed by atoms with van der Waals surface area (Å²) in [6.45, 7) is 6.12. The van der Waals surface area contributed by atoms with Gasteiger partial charge in [0, 0.05) is 11.7 Å². The third kappa shape index (κ3) is 3.45. The fourth-order valence-corrected chi connectivity index (χ4v) is 2.28. The van der Waals surface area contributed by atoms with Crippen molar-refractivity contribution < 1.29 is 9.47 Å². The molecule has 0 saturated carbocycles. The first kappa shape index (κ1) is 15.2. The third-order valence-corrected chi connectivity index (χ3v) is 3.50. The molecule has 1 aromatic carbocycles. The molecular weight excluding hydrogens is 264 g/mol. The van der Waals surface area contributed by atoms with Crippen LogP contribution in [0.15, 0.2) is 30.3 Å². The highest BCUT2D eigenvalue weighted by Crippen LogP contribution is 2.31. The Morgan fingerprint density at radius 1 is 1.00 bits per heavy atom. The largest absolute Gasteiger partial charge is 0.493 e. The molecule has 1 N–H and O–H groups in total. The Bertz CT molecular complexity index is 626. The van der Waals surface area contributed by atoms with Crippen LogP contribution in [0.5, 0.6) is 11.5 Å². The van der Waals surface area contributed by atoms with Crippen molar-refractivity contribution in [2.75, 3.05) is 19.5 Å². The molecular formula is C17H22N2O2. The molecule has 0 radical (unpaired) electrons. The molecule has 0 bridgehead atoms. The number of aromatic nitrogens is 1. The van der Waals surface area contributed by atoms with Gasteiger partial charge in [-0.1, -0.05) is 6.07 Å². The van der Waals surface area contributed by atoms with E-state index >= 15 is 0 Å². The van der Waals surface area contributed by atoms with E-state index < -0.39 is 0 Å². The zero-order valence-corrected chi connectivity index (χ0v) is 13.2. The molecule has 1 heterocycles. The first-order valence-electron chi connectivity index (χ1n) is 6.98. The van der Waals surface area contributed by atoms with Crippen LogP contribution in [0.25, 0.3) is 0 Å². The SMILES string of the molecule is COc1ccc(C(C)Nc2ccc(C)nc2C)cc1OC. The number of benzene rings is 1. The van der Waals surface area contributed by atoms with E-state index in [9.17, 15) is 0 Å². The van der Waals surface area contributed by atoms with E-state index in [1.807, 2.05) is 38.1 Å². The van der Waals surface area contributed by atoms with Crippen LogP contribution >= 0.6 is 0 Å². The number of nitrogens with zero attached hydrogens (tertiary/aromatic N) is 1. The minimum atomic E-state index is 0.146. The van der Waals surface area contributed by atoms with Crippen molar-refractivity contribution in [1.82, 2.24) is 4.98 Å². The number of methoxy groups -OCH3 is 2. The molecule has 1 aromatic heterocycles. The second-order valence-electron chi connectivity index (χ2n) is 5.07. The Kier molecular flexibility index (Phi) is 4.68. The van der Waals surface area contributed by atoms with Crippen LogP contribution in [0.1, 0.15) is 29.9 Å². The number of nitrogens with one attached hydrogen (secondary N) is 1. The van der Waals surface area contributed by atoms with Crippen LogP contribution < -0.4 is 14.8 Å². The van der Waals surface area contributed by atoms with Gasteiger partial charge in [-0.15, -0.1) is 0 Å². The van der Waals surface area contributed by atoms with Crippen LogP contribution in [0.2, 0.25) is 0 Å². The summed E-state index contributed by atoms with van der Waals surface area (Å²) in [5.74, 6) is 1.48. The maximum Gasteiger partial charge on any atom is 0.161 e. The average molecular weight is 286 g/mol. The van der Waals surface area contributed by atoms with E-state index in [1.54, 1.807) is 14.2 Å². The molecule has 4 heteroatoms. The number of rotatable bonds is 5. The van der Waals surface area contributed by atoms with Crippen LogP contribution in [0.4, 0.5) is 5.69 Å². The van der Waals surface area contributed by atoms with Gasteiger partial charge in [0.1, 0.15) is 0 Å². The minimum Gasteiger partial charge on any atom is -0.493 e. The van der Waals surface area contributed by atoms with Crippen LogP contribution in [0, 0.1) is 13.8 Å². The van der Waals surface area contributed by atoms with Gasteiger partial charge in [-0.2, -0.15) is 0 Å². The quantitative estimate of drug-likeness (QED) is 0.905. The highest BCUT2D eigenvalue weighted by molar-refractivity contribution is 5.51. The standard InChI is InChI=1S/C17H22N2O2/c1-11-6-8-15(13(3)18-11)19-12(2)14-7-9-16(20-4)17(10-14)21-5/h6-10,12,19H,1-5H3. The fourth-order valence-electron chi connectivity index (χ4n) is 2.28. The van der Waals surface area contributed by atoms with Gasteiger partial charge >= 0.3 is 0 Å². The van der Waals surface area contributed by atoms with E-state index in [1.165, 1.54) is 0 Å². The molecule has 0 aliphatic rings. The lowest BCUT2D eigenvalue weighted by Crippen LogP contribution is -2.09. The molecule has 0 fully saturated rings. The van der Waals surface area contributed by atoms with Gasteiger partial charge in [-0.25, -0.2) is 0 Å². The molecule has 1 unspecified atom stereocenters. The summed E-state index contributed by atoms with van der Waals surface area (Å²) in [4.78, 5) is 4.47. The smallest absolute Gasteiger partial charge is 0.161 e. The monoisotopic (exact) mass is 286 g/mol. The van der Waals surface area contributed by atoms with Crippen LogP contribution in [-0.4, -0.2) is 19.2 Å². The Morgan fingerprint density at radius 3 is 2.33 bits per heavy atom. The minimum absolute atomic E-state index is 0.146. The van der Waals surface area contributed by atoms with Gasteiger partial charge in [-0.05, 0) is 50.6 Å². The molecule has 0 amide bonds. The fraction of sp³-hybridized carbons (Fsp3) is 0.353. The van der Waals surface area contributed by atoms with Crippen molar-refractivity contribution in [3.63, 3.8) is 0 Å². The normalized spacial score (nSPS) is 11.9. The van der Waals surface area contributed by atoms with Crippen LogP contribution in [-0.2, 0) is 0 Å². The summed E-state index contributed by atoms with van der Waals surface area (Å²) in [7, 11) is 3.29. The first-order chi connectivity index (χ1) is 10.0. The summed E-state index contributed by atoms with van der Waals surface area (Å²) >= 11 is 0. The number of pyridine rings is 1. The number of anilines is 1. The summed E-state index contributed by atoms with van der Waals surface area (Å²) in [6.07, 6.45) is 0. The Balaban J connectivity index is 2.21. The maximum atomic E-state index is 5.35. The highest BCUT2D eigenvalue weighted by atomic mass is 16.5. The van der Waals surface area contributed by atoms with E-state index in [0.717, 1.165) is 34.1 Å². The van der Waals surface area contributed by atoms with E-state index in [0.29, 0.717) is 0 Å². The van der Waals surface area contributed by atoms with Crippen LogP contribution in [0.3, 0.4) is 0 Å². The first-order valence-corrected chi connectivity index (χ1v) is 6.98. The van der Waals surface area contributed by atoms with Crippen molar-refractivity contribution in [3.8, 4) is 11.5 Å². The molecule has 0 aliphatic carbocycles. The van der Waals surface area contributed by atoms with Gasteiger partial charge in [0.05, 0.1) is 25.6 Å². The maximum absolute atomic E-state index is 5.35. The highest BCUT2D eigenvalue weighted by Gasteiger charge is 2.11. The lowest BCUT2D eigenvalue weighted by atomic mass is 10.1. The van der Waals surface area contributed by atoms with Crippen molar-refractivity contribution in [2.24, 2.45) is 0 Å². The predicted octanol–water partition coefficient (Wildman–Crippen LogP) is 3.89. The summed E-state index contributed by atoms with van der Waals surface area (Å²) in [5, 5.41) is 3.48. The third-order valence-electron chi connectivity index (χ3n) is 3.50. The molecule has 0 saturated heterocycles. The van der Waals surface area contributed by atoms with E-state index in [2.05, 4.69) is 23.3 Å². The Labute approximate surface area is 126 Å². The summed E-state index contributed by atoms with van der Waals surface area (Å²) in [5.41, 5.74) is 4.20. The van der Waals surface area contributed by atoms with Gasteiger partial charge < -0.3 is 14.8 Å². The molecule has 112 valence electrons. The molecule has 4 nitrogen and oxygen atoms in total. The second-order valence-corrected chi connectivity index (χ2v) is 5.07. The molecule has 0 spiro atoms. The van der Waals surface area contributed by atoms with Crippen molar-refractivity contribution >= 4 is 5.69 Å². The summed E-state index contributed by atoms with van der Waals surface area (Å²) < 4.78 is 10.6. The number of ether oxygens (including phenoxy) is 2. The van der Waals surface area contributed by atoms with Gasteiger partial charge in [-0.3, -0.25) is 4.98 Å².